The Balaban J connectivity index is 2.32. The molecule has 1 aliphatic carbocycles. The van der Waals surface area contributed by atoms with E-state index >= 15 is 0 Å². The molecule has 1 N–H and O–H groups in total. The van der Waals surface area contributed by atoms with Gasteiger partial charge in [0.2, 0.25) is 0 Å². The summed E-state index contributed by atoms with van der Waals surface area (Å²) in [5.41, 5.74) is 0.623. The van der Waals surface area contributed by atoms with Gasteiger partial charge in [-0.1, -0.05) is 11.6 Å². The predicted octanol–water partition coefficient (Wildman–Crippen LogP) is 1.77. The normalized spacial score (nSPS) is 13.7. The zero-order chi connectivity index (χ0) is 16.7. The van der Waals surface area contributed by atoms with E-state index < -0.39 is 11.7 Å². The molecule has 1 heterocycles. The molecule has 0 aliphatic heterocycles. The summed E-state index contributed by atoms with van der Waals surface area (Å²) >= 11 is 5.85. The summed E-state index contributed by atoms with van der Waals surface area (Å²) in [7, 11) is 1.64. The van der Waals surface area contributed by atoms with Crippen LogP contribution in [0.2, 0.25) is 5.02 Å². The van der Waals surface area contributed by atoms with Gasteiger partial charge >= 0.3 is 11.7 Å². The van der Waals surface area contributed by atoms with E-state index in [1.54, 1.807) is 7.05 Å². The summed E-state index contributed by atoms with van der Waals surface area (Å²) in [6, 6.07) is 4.11. The second-order valence-corrected chi connectivity index (χ2v) is 5.99. The highest BCUT2D eigenvalue weighted by molar-refractivity contribution is 6.33. The van der Waals surface area contributed by atoms with Crippen LogP contribution in [0.5, 0.6) is 0 Å². The van der Waals surface area contributed by atoms with E-state index in [1.165, 1.54) is 22.8 Å². The molecule has 0 atom stereocenters. The third kappa shape index (κ3) is 2.49. The van der Waals surface area contributed by atoms with Crippen LogP contribution in [0.1, 0.15) is 34.5 Å². The molecule has 1 aliphatic rings. The molecule has 0 amide bonds. The first-order chi connectivity index (χ1) is 10.9. The number of carbonyl (C=O) groups is 1. The molecule has 0 bridgehead atoms. The van der Waals surface area contributed by atoms with Crippen molar-refractivity contribution in [2.45, 2.75) is 25.7 Å². The minimum atomic E-state index is -1.21. The zero-order valence-electron chi connectivity index (χ0n) is 12.5. The molecule has 1 aromatic carbocycles. The Morgan fingerprint density at radius 1 is 1.22 bits per heavy atom. The maximum Gasteiger partial charge on any atom is 0.337 e. The van der Waals surface area contributed by atoms with Crippen LogP contribution < -0.4 is 11.2 Å². The largest absolute Gasteiger partial charge is 0.478 e. The number of hydrogen-bond acceptors (Lipinski definition) is 3. The number of carboxylic acid groups (broad SMARTS) is 1. The van der Waals surface area contributed by atoms with Crippen LogP contribution >= 0.6 is 11.6 Å². The number of benzene rings is 1. The molecule has 2 aromatic rings. The highest BCUT2D eigenvalue weighted by Gasteiger charge is 2.21. The number of carboxylic acids is 1. The second kappa shape index (κ2) is 5.70. The summed E-state index contributed by atoms with van der Waals surface area (Å²) in [5.74, 6) is -1.21. The van der Waals surface area contributed by atoms with E-state index in [4.69, 9.17) is 16.7 Å². The summed E-state index contributed by atoms with van der Waals surface area (Å²) < 4.78 is 2.50. The van der Waals surface area contributed by atoms with Crippen LogP contribution in [0, 0.1) is 0 Å². The van der Waals surface area contributed by atoms with Crippen LogP contribution in [0.25, 0.3) is 5.69 Å². The lowest BCUT2D eigenvalue weighted by atomic mass is 9.97. The topological polar surface area (TPSA) is 81.3 Å². The number of hydrogen-bond donors (Lipinski definition) is 1. The highest BCUT2D eigenvalue weighted by atomic mass is 35.5. The Morgan fingerprint density at radius 2 is 1.91 bits per heavy atom. The smallest absolute Gasteiger partial charge is 0.337 e. The van der Waals surface area contributed by atoms with Gasteiger partial charge in [0.25, 0.3) is 5.56 Å². The molecule has 120 valence electrons. The number of aromatic carboxylic acids is 1. The van der Waals surface area contributed by atoms with Crippen molar-refractivity contribution in [3.63, 3.8) is 0 Å². The lowest BCUT2D eigenvalue weighted by Crippen LogP contribution is -2.42. The zero-order valence-corrected chi connectivity index (χ0v) is 13.3. The summed E-state index contributed by atoms with van der Waals surface area (Å²) in [5, 5.41) is 9.23. The molecule has 1 aromatic heterocycles. The van der Waals surface area contributed by atoms with Crippen molar-refractivity contribution in [2.75, 3.05) is 0 Å². The molecule has 0 saturated carbocycles. The molecular formula is C16H15ClN2O4. The molecule has 0 saturated heterocycles. The van der Waals surface area contributed by atoms with Gasteiger partial charge < -0.3 is 9.67 Å². The summed E-state index contributed by atoms with van der Waals surface area (Å²) in [4.78, 5) is 36.5. The quantitative estimate of drug-likeness (QED) is 0.907. The van der Waals surface area contributed by atoms with Gasteiger partial charge in [0.05, 0.1) is 16.3 Å². The van der Waals surface area contributed by atoms with Crippen molar-refractivity contribution in [3.05, 3.63) is 60.9 Å². The average molecular weight is 335 g/mol. The number of fused-ring (bicyclic) bond motifs is 1. The molecule has 3 rings (SSSR count). The van der Waals surface area contributed by atoms with E-state index in [-0.39, 0.29) is 21.8 Å². The highest BCUT2D eigenvalue weighted by Crippen LogP contribution is 2.20. The van der Waals surface area contributed by atoms with E-state index in [1.807, 2.05) is 0 Å². The van der Waals surface area contributed by atoms with Gasteiger partial charge in [-0.3, -0.25) is 4.79 Å². The predicted molar refractivity (Wildman–Crippen MR) is 85.9 cm³/mol. The lowest BCUT2D eigenvalue weighted by Gasteiger charge is -2.20. The van der Waals surface area contributed by atoms with Crippen LogP contribution in [0.3, 0.4) is 0 Å². The van der Waals surface area contributed by atoms with Crippen LogP contribution in [-0.2, 0) is 19.9 Å². The molecule has 7 heteroatoms. The van der Waals surface area contributed by atoms with Gasteiger partial charge in [-0.15, -0.1) is 0 Å². The first kappa shape index (κ1) is 15.6. The van der Waals surface area contributed by atoms with E-state index in [2.05, 4.69) is 0 Å². The molecule has 0 fully saturated rings. The van der Waals surface area contributed by atoms with Crippen molar-refractivity contribution in [1.29, 1.82) is 0 Å². The SMILES string of the molecule is Cn1c2c(c(=O)n(-c3ccc(Cl)c(C(=O)O)c3)c1=O)CCCC2. The van der Waals surface area contributed by atoms with Gasteiger partial charge in [-0.25, -0.2) is 14.2 Å². The van der Waals surface area contributed by atoms with Crippen molar-refractivity contribution < 1.29 is 9.90 Å². The standard InChI is InChI=1S/C16H15ClN2O4/c1-18-13-5-3-2-4-10(13)14(20)19(16(18)23)9-6-7-12(17)11(8-9)15(21)22/h6-8H,2-5H2,1H3,(H,21,22). The van der Waals surface area contributed by atoms with Gasteiger partial charge in [0, 0.05) is 18.3 Å². The van der Waals surface area contributed by atoms with Crippen LogP contribution in [-0.4, -0.2) is 20.2 Å². The van der Waals surface area contributed by atoms with Crippen molar-refractivity contribution in [2.24, 2.45) is 7.05 Å². The summed E-state index contributed by atoms with van der Waals surface area (Å²) in [6.45, 7) is 0. The van der Waals surface area contributed by atoms with E-state index in [0.717, 1.165) is 23.1 Å². The van der Waals surface area contributed by atoms with Gasteiger partial charge in [-0.05, 0) is 43.9 Å². The molecule has 6 nitrogen and oxygen atoms in total. The molecular weight excluding hydrogens is 320 g/mol. The fourth-order valence-electron chi connectivity index (χ4n) is 3.02. The Kier molecular flexibility index (Phi) is 3.85. The van der Waals surface area contributed by atoms with Gasteiger partial charge in [0.1, 0.15) is 0 Å². The third-order valence-electron chi connectivity index (χ3n) is 4.22. The maximum atomic E-state index is 12.7. The third-order valence-corrected chi connectivity index (χ3v) is 4.55. The Morgan fingerprint density at radius 3 is 2.61 bits per heavy atom. The molecule has 0 unspecified atom stereocenters. The first-order valence-corrected chi connectivity index (χ1v) is 7.66. The van der Waals surface area contributed by atoms with E-state index in [0.29, 0.717) is 18.4 Å². The number of halogens is 1. The molecule has 23 heavy (non-hydrogen) atoms. The van der Waals surface area contributed by atoms with Crippen molar-refractivity contribution in [1.82, 2.24) is 9.13 Å². The van der Waals surface area contributed by atoms with Gasteiger partial charge in [-0.2, -0.15) is 0 Å². The lowest BCUT2D eigenvalue weighted by molar-refractivity contribution is 0.0697. The Hall–Kier alpha value is -2.34. The van der Waals surface area contributed by atoms with Crippen molar-refractivity contribution >= 4 is 17.6 Å². The fourth-order valence-corrected chi connectivity index (χ4v) is 3.22. The molecule has 0 spiro atoms. The maximum absolute atomic E-state index is 12.7. The molecule has 0 radical (unpaired) electrons. The minimum absolute atomic E-state index is 0.0593. The Bertz CT molecular complexity index is 927. The fraction of sp³-hybridized carbons (Fsp3) is 0.312. The second-order valence-electron chi connectivity index (χ2n) is 5.58. The van der Waals surface area contributed by atoms with Gasteiger partial charge in [0.15, 0.2) is 0 Å². The van der Waals surface area contributed by atoms with Crippen LogP contribution in [0.4, 0.5) is 0 Å². The monoisotopic (exact) mass is 334 g/mol. The van der Waals surface area contributed by atoms with Crippen LogP contribution in [0.15, 0.2) is 27.8 Å². The van der Waals surface area contributed by atoms with E-state index in [9.17, 15) is 14.4 Å². The first-order valence-electron chi connectivity index (χ1n) is 7.29. The Labute approximate surface area is 136 Å². The number of nitrogens with zero attached hydrogens (tertiary/aromatic N) is 2. The average Bonchev–Trinajstić information content (AvgIpc) is 2.54. The summed E-state index contributed by atoms with van der Waals surface area (Å²) in [6.07, 6.45) is 3.19. The number of aromatic nitrogens is 2. The minimum Gasteiger partial charge on any atom is -0.478 e. The van der Waals surface area contributed by atoms with Crippen molar-refractivity contribution in [3.8, 4) is 5.69 Å². The number of rotatable bonds is 2.